The first kappa shape index (κ1) is 27.2. The maximum Gasteiger partial charge on any atom is 0.186 e. The van der Waals surface area contributed by atoms with Crippen LogP contribution in [0, 0.1) is 12.3 Å². The lowest BCUT2D eigenvalue weighted by atomic mass is 10.2. The van der Waals surface area contributed by atoms with Crippen molar-refractivity contribution in [2.75, 3.05) is 26.7 Å². The monoisotopic (exact) mass is 414 g/mol. The highest BCUT2D eigenvalue weighted by Gasteiger charge is 2.20. The quantitative estimate of drug-likeness (QED) is 0.0557. The third-order valence-corrected chi connectivity index (χ3v) is 4.33. The van der Waals surface area contributed by atoms with E-state index >= 15 is 0 Å². The maximum atomic E-state index is 11.6. The van der Waals surface area contributed by atoms with Gasteiger partial charge in [0.2, 0.25) is 0 Å². The van der Waals surface area contributed by atoms with Crippen LogP contribution in [0.4, 0.5) is 0 Å². The number of hydrogen-bond acceptors (Lipinski definition) is 6. The van der Waals surface area contributed by atoms with Gasteiger partial charge < -0.3 is 9.75 Å². The van der Waals surface area contributed by atoms with Crippen LogP contribution in [0.1, 0.15) is 53.4 Å². The van der Waals surface area contributed by atoms with E-state index in [0.717, 1.165) is 50.8 Å². The van der Waals surface area contributed by atoms with E-state index < -0.39 is 0 Å². The van der Waals surface area contributed by atoms with Gasteiger partial charge in [0.25, 0.3) is 0 Å². The first-order chi connectivity index (χ1) is 14.5. The van der Waals surface area contributed by atoms with Gasteiger partial charge in [-0.25, -0.2) is 5.43 Å². The Morgan fingerprint density at radius 3 is 2.57 bits per heavy atom. The molecule has 0 saturated carbocycles. The van der Waals surface area contributed by atoms with Gasteiger partial charge in [0.05, 0.1) is 12.8 Å². The smallest absolute Gasteiger partial charge is 0.186 e. The fraction of sp³-hybridized carbons (Fsp3) is 0.500. The van der Waals surface area contributed by atoms with Crippen LogP contribution in [0.5, 0.6) is 0 Å². The molecule has 0 spiro atoms. The normalized spacial score (nSPS) is 14.7. The van der Waals surface area contributed by atoms with Gasteiger partial charge in [0.15, 0.2) is 12.0 Å². The minimum absolute atomic E-state index is 0.310. The number of allylic oxidation sites excluding steroid dienone is 7. The summed E-state index contributed by atoms with van der Waals surface area (Å²) in [6.45, 7) is 13.7. The van der Waals surface area contributed by atoms with Crippen LogP contribution in [0.2, 0.25) is 0 Å². The molecular formula is C24H38N4O2. The molecule has 1 fully saturated rings. The molecular weight excluding hydrogens is 376 g/mol. The molecule has 6 heteroatoms. The second-order valence-corrected chi connectivity index (χ2v) is 6.64. The summed E-state index contributed by atoms with van der Waals surface area (Å²) in [6, 6.07) is 0. The largest absolute Gasteiger partial charge is 0.488 e. The van der Waals surface area contributed by atoms with Crippen molar-refractivity contribution in [2.24, 2.45) is 5.10 Å². The number of ether oxygens (including phenoxy) is 1. The molecule has 6 nitrogen and oxygen atoms in total. The van der Waals surface area contributed by atoms with E-state index in [-0.39, 0.29) is 0 Å². The first-order valence-electron chi connectivity index (χ1n) is 10.4. The van der Waals surface area contributed by atoms with Crippen molar-refractivity contribution in [2.45, 2.75) is 53.4 Å². The topological polar surface area (TPSA) is 57.2 Å². The Morgan fingerprint density at radius 2 is 2.10 bits per heavy atom. The van der Waals surface area contributed by atoms with Gasteiger partial charge >= 0.3 is 0 Å². The van der Waals surface area contributed by atoms with Crippen molar-refractivity contribution >= 4 is 12.5 Å². The zero-order valence-corrected chi connectivity index (χ0v) is 19.3. The Hall–Kier alpha value is -2.78. The molecule has 1 rings (SSSR count). The molecule has 0 aromatic rings. The van der Waals surface area contributed by atoms with E-state index in [1.54, 1.807) is 13.1 Å². The lowest BCUT2D eigenvalue weighted by Gasteiger charge is -2.35. The molecule has 1 aliphatic rings. The number of rotatable bonds is 13. The van der Waals surface area contributed by atoms with Crippen molar-refractivity contribution in [1.82, 2.24) is 15.4 Å². The van der Waals surface area contributed by atoms with Gasteiger partial charge in [-0.1, -0.05) is 24.6 Å². The number of terminal acetylenes is 1. The number of hydrogen-bond donors (Lipinski definition) is 1. The number of nitrogens with zero attached hydrogens (tertiary/aromatic N) is 3. The van der Waals surface area contributed by atoms with Crippen LogP contribution in [0.25, 0.3) is 0 Å². The van der Waals surface area contributed by atoms with Crippen LogP contribution in [0.3, 0.4) is 0 Å². The number of hydrazine groups is 1. The summed E-state index contributed by atoms with van der Waals surface area (Å²) < 4.78 is 5.72. The molecule has 1 N–H and O–H groups in total. The van der Waals surface area contributed by atoms with E-state index in [9.17, 15) is 4.79 Å². The van der Waals surface area contributed by atoms with Crippen molar-refractivity contribution in [3.63, 3.8) is 0 Å². The molecule has 0 aromatic heterocycles. The van der Waals surface area contributed by atoms with Crippen molar-refractivity contribution in [3.05, 3.63) is 47.5 Å². The third-order valence-electron chi connectivity index (χ3n) is 4.33. The van der Waals surface area contributed by atoms with Crippen LogP contribution in [0.15, 0.2) is 52.6 Å². The third kappa shape index (κ3) is 10.7. The summed E-state index contributed by atoms with van der Waals surface area (Å²) in [5, 5.41) is 8.25. The molecule has 1 heterocycles. The molecule has 1 aliphatic heterocycles. The van der Waals surface area contributed by atoms with Crippen LogP contribution in [-0.4, -0.2) is 49.3 Å². The summed E-state index contributed by atoms with van der Waals surface area (Å²) in [7, 11) is 1.91. The number of unbranched alkanes of at least 4 members (excludes halogenated alkanes) is 2. The predicted molar refractivity (Wildman–Crippen MR) is 126 cm³/mol. The predicted octanol–water partition coefficient (Wildman–Crippen LogP) is 4.41. The fourth-order valence-electron chi connectivity index (χ4n) is 2.42. The Balaban J connectivity index is 0.00000263. The molecule has 0 aromatic carbocycles. The number of nitrogens with one attached hydrogen (secondary N) is 1. The van der Waals surface area contributed by atoms with Gasteiger partial charge in [0.1, 0.15) is 5.70 Å². The highest BCUT2D eigenvalue weighted by atomic mass is 16.5. The second-order valence-electron chi connectivity index (χ2n) is 6.64. The number of carbonyl (C=O) groups is 1. The molecule has 0 bridgehead atoms. The second kappa shape index (κ2) is 17.1. The molecule has 30 heavy (non-hydrogen) atoms. The highest BCUT2D eigenvalue weighted by Crippen LogP contribution is 2.14. The first-order valence-corrected chi connectivity index (χ1v) is 10.4. The summed E-state index contributed by atoms with van der Waals surface area (Å²) in [4.78, 5) is 11.6. The standard InChI is InChI=1S/C21H34N4O2.C3H4/c1-6-9-10-11-14-27-21(17-26)20(25-13-12-22-25)16-23-24(5)19(8-3)15-18(4)7-2;1-3-2/h6-7,15-17,22H,1,8-14H2,2-5H3;1H,2H3/b18-7-,19-15+,21-20-,23-16+;. The van der Waals surface area contributed by atoms with Gasteiger partial charge in [-0.05, 0) is 52.5 Å². The molecule has 1 saturated heterocycles. The Bertz CT molecular complexity index is 680. The van der Waals surface area contributed by atoms with Gasteiger partial charge in [-0.15, -0.1) is 18.9 Å². The van der Waals surface area contributed by atoms with Crippen molar-refractivity contribution in [3.8, 4) is 12.3 Å². The van der Waals surface area contributed by atoms with E-state index in [1.807, 2.05) is 30.1 Å². The highest BCUT2D eigenvalue weighted by molar-refractivity contribution is 5.87. The molecule has 0 amide bonds. The zero-order valence-electron chi connectivity index (χ0n) is 19.3. The molecule has 0 unspecified atom stereocenters. The average molecular weight is 415 g/mol. The van der Waals surface area contributed by atoms with E-state index in [4.69, 9.17) is 4.74 Å². The van der Waals surface area contributed by atoms with Crippen molar-refractivity contribution in [1.29, 1.82) is 0 Å². The van der Waals surface area contributed by atoms with Gasteiger partial charge in [-0.3, -0.25) is 9.80 Å². The lowest BCUT2D eigenvalue weighted by molar-refractivity contribution is -0.108. The fourth-order valence-corrected chi connectivity index (χ4v) is 2.42. The van der Waals surface area contributed by atoms with E-state index in [2.05, 4.69) is 55.4 Å². The maximum absolute atomic E-state index is 11.6. The summed E-state index contributed by atoms with van der Waals surface area (Å²) in [5.74, 6) is 2.56. The summed E-state index contributed by atoms with van der Waals surface area (Å²) in [6.07, 6.45) is 16.8. The number of carbonyl (C=O) groups excluding carboxylic acids is 1. The van der Waals surface area contributed by atoms with Gasteiger partial charge in [-0.2, -0.15) is 5.10 Å². The van der Waals surface area contributed by atoms with Gasteiger partial charge in [0, 0.05) is 25.8 Å². The Morgan fingerprint density at radius 1 is 1.43 bits per heavy atom. The number of hydrazone groups is 1. The summed E-state index contributed by atoms with van der Waals surface area (Å²) in [5.41, 5.74) is 6.11. The Kier molecular flexibility index (Phi) is 15.5. The van der Waals surface area contributed by atoms with E-state index in [0.29, 0.717) is 18.1 Å². The molecule has 0 atom stereocenters. The molecule has 0 radical (unpaired) electrons. The molecule has 166 valence electrons. The summed E-state index contributed by atoms with van der Waals surface area (Å²) >= 11 is 0. The van der Waals surface area contributed by atoms with E-state index in [1.165, 1.54) is 5.57 Å². The van der Waals surface area contributed by atoms with Crippen molar-refractivity contribution < 1.29 is 9.53 Å². The van der Waals surface area contributed by atoms with Crippen LogP contribution < -0.4 is 5.43 Å². The van der Waals surface area contributed by atoms with Crippen LogP contribution >= 0.6 is 0 Å². The van der Waals surface area contributed by atoms with Crippen LogP contribution in [-0.2, 0) is 9.53 Å². The SMILES string of the molecule is C#CC.C=CCCCCO/C(C=O)=C(/C=N/N(C)/C(=C/C(C)=C\C)CC)N1CCN1. The number of aldehydes is 1. The zero-order chi connectivity index (χ0) is 22.8. The Labute approximate surface area is 183 Å². The molecule has 0 aliphatic carbocycles. The minimum Gasteiger partial charge on any atom is -0.488 e. The lowest BCUT2D eigenvalue weighted by Crippen LogP contribution is -2.53. The minimum atomic E-state index is 0.310. The average Bonchev–Trinajstić information content (AvgIpc) is 2.71.